The number of halogens is 1. The van der Waals surface area contributed by atoms with Gasteiger partial charge in [-0.2, -0.15) is 0 Å². The minimum Gasteiger partial charge on any atom is -0.468 e. The molecule has 6 heteroatoms. The van der Waals surface area contributed by atoms with E-state index in [9.17, 15) is 9.59 Å². The number of carbonyl (C=O) groups is 2. The molecule has 2 aliphatic rings. The Labute approximate surface area is 126 Å². The number of alkyl halides is 1. The molecule has 0 fully saturated rings. The van der Waals surface area contributed by atoms with E-state index in [4.69, 9.17) is 21.1 Å². The number of pyridine rings is 1. The molecule has 0 N–H and O–H groups in total. The molecule has 0 radical (unpaired) electrons. The van der Waals surface area contributed by atoms with Crippen molar-refractivity contribution in [1.82, 2.24) is 4.98 Å². The molecule has 2 aliphatic carbocycles. The van der Waals surface area contributed by atoms with Crippen molar-refractivity contribution in [2.24, 2.45) is 0 Å². The number of hydrogen-bond donors (Lipinski definition) is 0. The molecule has 21 heavy (non-hydrogen) atoms. The van der Waals surface area contributed by atoms with Gasteiger partial charge in [0.15, 0.2) is 0 Å². The lowest BCUT2D eigenvalue weighted by molar-refractivity contribution is -0.157. The van der Waals surface area contributed by atoms with Crippen LogP contribution >= 0.6 is 11.6 Å². The van der Waals surface area contributed by atoms with Crippen LogP contribution in [0, 0.1) is 0 Å². The van der Waals surface area contributed by atoms with Crippen LogP contribution < -0.4 is 0 Å². The van der Waals surface area contributed by atoms with Crippen LogP contribution in [0.5, 0.6) is 0 Å². The highest BCUT2D eigenvalue weighted by molar-refractivity contribution is 6.30. The molecule has 1 heterocycles. The molecule has 0 saturated heterocycles. The lowest BCUT2D eigenvalue weighted by atomic mass is 9.53. The fourth-order valence-electron chi connectivity index (χ4n) is 3.26. The Kier molecular flexibility index (Phi) is 3.06. The third-order valence-electron chi connectivity index (χ3n) is 4.12. The first kappa shape index (κ1) is 14.1. The average Bonchev–Trinajstić information content (AvgIpc) is 2.47. The Bertz CT molecular complexity index is 659. The maximum atomic E-state index is 12.4. The van der Waals surface area contributed by atoms with Crippen molar-refractivity contribution in [3.8, 4) is 0 Å². The van der Waals surface area contributed by atoms with Gasteiger partial charge in [-0.25, -0.2) is 0 Å². The highest BCUT2D eigenvalue weighted by atomic mass is 35.5. The summed E-state index contributed by atoms with van der Waals surface area (Å²) in [5.74, 6) is -0.877. The first-order valence-corrected chi connectivity index (χ1v) is 6.93. The van der Waals surface area contributed by atoms with E-state index < -0.39 is 28.3 Å². The molecule has 3 atom stereocenters. The number of hydrogen-bond acceptors (Lipinski definition) is 5. The second-order valence-electron chi connectivity index (χ2n) is 5.22. The first-order chi connectivity index (χ1) is 9.95. The van der Waals surface area contributed by atoms with Crippen molar-refractivity contribution < 1.29 is 19.1 Å². The molecule has 110 valence electrons. The van der Waals surface area contributed by atoms with Gasteiger partial charge < -0.3 is 9.47 Å². The van der Waals surface area contributed by atoms with Gasteiger partial charge in [-0.1, -0.05) is 12.1 Å². The van der Waals surface area contributed by atoms with Crippen molar-refractivity contribution in [3.63, 3.8) is 0 Å². The van der Waals surface area contributed by atoms with Crippen LogP contribution in [0.3, 0.4) is 0 Å². The van der Waals surface area contributed by atoms with Gasteiger partial charge in [-0.15, -0.1) is 11.6 Å². The minimum absolute atomic E-state index is 0.225. The topological polar surface area (TPSA) is 65.5 Å². The van der Waals surface area contributed by atoms with Gasteiger partial charge in [0, 0.05) is 25.1 Å². The smallest absolute Gasteiger partial charge is 0.320 e. The van der Waals surface area contributed by atoms with Crippen LogP contribution in [-0.4, -0.2) is 30.1 Å². The summed E-state index contributed by atoms with van der Waals surface area (Å²) in [5.41, 5.74) is 0.261. The van der Waals surface area contributed by atoms with Gasteiger partial charge in [0.2, 0.25) is 0 Å². The van der Waals surface area contributed by atoms with Crippen LogP contribution in [-0.2, 0) is 29.4 Å². The molecule has 0 aromatic carbocycles. The predicted octanol–water partition coefficient (Wildman–Crippen LogP) is 1.83. The molecule has 0 aliphatic heterocycles. The lowest BCUT2D eigenvalue weighted by Gasteiger charge is -2.54. The number of ether oxygens (including phenoxy) is 2. The molecule has 1 aromatic rings. The number of allylic oxidation sites excluding steroid dienone is 1. The van der Waals surface area contributed by atoms with E-state index >= 15 is 0 Å². The fourth-order valence-corrected chi connectivity index (χ4v) is 3.73. The number of rotatable bonds is 2. The molecule has 5 nitrogen and oxygen atoms in total. The largest absolute Gasteiger partial charge is 0.468 e. The summed E-state index contributed by atoms with van der Waals surface area (Å²) in [4.78, 5) is 26.9. The van der Waals surface area contributed by atoms with Gasteiger partial charge in [0.25, 0.3) is 0 Å². The second-order valence-corrected chi connectivity index (χ2v) is 5.82. The van der Waals surface area contributed by atoms with Gasteiger partial charge in [0.05, 0.1) is 12.8 Å². The third kappa shape index (κ3) is 1.67. The van der Waals surface area contributed by atoms with E-state index in [0.29, 0.717) is 5.69 Å². The molecular weight excluding hydrogens is 294 g/mol. The summed E-state index contributed by atoms with van der Waals surface area (Å²) in [6.07, 6.45) is 4.73. The van der Waals surface area contributed by atoms with Gasteiger partial charge in [-0.3, -0.25) is 14.6 Å². The SMILES string of the molecule is COC(=O)[C@]12C[C@H](OC(C)=O)C=C[C@@]1(Cl)c1cccnc12. The summed E-state index contributed by atoms with van der Waals surface area (Å²) < 4.78 is 10.2. The Balaban J connectivity index is 2.12. The van der Waals surface area contributed by atoms with Crippen LogP contribution in [0.1, 0.15) is 24.6 Å². The number of aromatic nitrogens is 1. The van der Waals surface area contributed by atoms with E-state index in [2.05, 4.69) is 4.98 Å². The third-order valence-corrected chi connectivity index (χ3v) is 4.78. The number of methoxy groups -OCH3 is 1. The fraction of sp³-hybridized carbons (Fsp3) is 0.400. The van der Waals surface area contributed by atoms with Gasteiger partial charge in [0.1, 0.15) is 16.4 Å². The number of carbonyl (C=O) groups excluding carboxylic acids is 2. The van der Waals surface area contributed by atoms with Crippen molar-refractivity contribution in [1.29, 1.82) is 0 Å². The monoisotopic (exact) mass is 307 g/mol. The number of esters is 2. The average molecular weight is 308 g/mol. The first-order valence-electron chi connectivity index (χ1n) is 6.55. The van der Waals surface area contributed by atoms with Crippen LogP contribution in [0.25, 0.3) is 0 Å². The molecule has 0 amide bonds. The second kappa shape index (κ2) is 4.56. The zero-order chi connectivity index (χ0) is 15.3. The van der Waals surface area contributed by atoms with E-state index in [1.165, 1.54) is 14.0 Å². The summed E-state index contributed by atoms with van der Waals surface area (Å²) in [7, 11) is 1.31. The molecule has 0 unspecified atom stereocenters. The van der Waals surface area contributed by atoms with Crippen LogP contribution in [0.15, 0.2) is 30.5 Å². The van der Waals surface area contributed by atoms with Gasteiger partial charge >= 0.3 is 11.9 Å². The predicted molar refractivity (Wildman–Crippen MR) is 74.8 cm³/mol. The highest BCUT2D eigenvalue weighted by Crippen LogP contribution is 2.63. The van der Waals surface area contributed by atoms with Crippen LogP contribution in [0.4, 0.5) is 0 Å². The molecule has 0 spiro atoms. The minimum atomic E-state index is -1.12. The molecule has 3 rings (SSSR count). The van der Waals surface area contributed by atoms with Crippen molar-refractivity contribution in [3.05, 3.63) is 41.7 Å². The quantitative estimate of drug-likeness (QED) is 0.474. The molecule has 0 bridgehead atoms. The van der Waals surface area contributed by atoms with Crippen LogP contribution in [0.2, 0.25) is 0 Å². The maximum Gasteiger partial charge on any atom is 0.320 e. The number of nitrogens with zero attached hydrogens (tertiary/aromatic N) is 1. The molecular formula is C15H14ClNO4. The Morgan fingerprint density at radius 2 is 2.24 bits per heavy atom. The van der Waals surface area contributed by atoms with Gasteiger partial charge in [-0.05, 0) is 12.1 Å². The Hall–Kier alpha value is -1.88. The summed E-state index contributed by atoms with van der Waals surface area (Å²) in [6.45, 7) is 1.33. The van der Waals surface area contributed by atoms with Crippen molar-refractivity contribution in [2.75, 3.05) is 7.11 Å². The van der Waals surface area contributed by atoms with E-state index in [-0.39, 0.29) is 6.42 Å². The lowest BCUT2D eigenvalue weighted by Crippen LogP contribution is -2.63. The zero-order valence-corrected chi connectivity index (χ0v) is 12.4. The van der Waals surface area contributed by atoms with Crippen molar-refractivity contribution in [2.45, 2.75) is 29.7 Å². The molecule has 1 aromatic heterocycles. The van der Waals surface area contributed by atoms with E-state index in [1.54, 1.807) is 24.4 Å². The Morgan fingerprint density at radius 1 is 1.48 bits per heavy atom. The molecule has 0 saturated carbocycles. The normalized spacial score (nSPS) is 32.4. The summed E-state index contributed by atoms with van der Waals surface area (Å²) in [6, 6.07) is 3.61. The summed E-state index contributed by atoms with van der Waals surface area (Å²) >= 11 is 6.70. The highest BCUT2D eigenvalue weighted by Gasteiger charge is 2.69. The van der Waals surface area contributed by atoms with E-state index in [1.807, 2.05) is 6.07 Å². The summed E-state index contributed by atoms with van der Waals surface area (Å²) in [5, 5.41) is 0. The maximum absolute atomic E-state index is 12.4. The van der Waals surface area contributed by atoms with Crippen molar-refractivity contribution >= 4 is 23.5 Å². The zero-order valence-electron chi connectivity index (χ0n) is 11.6. The standard InChI is InChI=1S/C15H14ClNO4/c1-9(18)21-10-5-6-15(16)11-4-3-7-17-12(11)14(15,8-10)13(19)20-2/h3-7,10H,8H2,1-2H3/t10-,14-,15-/m1/s1. The van der Waals surface area contributed by atoms with E-state index in [0.717, 1.165) is 5.56 Å². The number of fused-ring (bicyclic) bond motifs is 4. The Morgan fingerprint density at radius 3 is 2.90 bits per heavy atom.